The maximum atomic E-state index is 3.63. The van der Waals surface area contributed by atoms with Crippen LogP contribution < -0.4 is 5.32 Å². The van der Waals surface area contributed by atoms with Crippen LogP contribution in [0.3, 0.4) is 0 Å². The van der Waals surface area contributed by atoms with Crippen molar-refractivity contribution in [3.8, 4) is 0 Å². The second-order valence-corrected chi connectivity index (χ2v) is 7.29. The minimum Gasteiger partial charge on any atom is -0.309 e. The van der Waals surface area contributed by atoms with Crippen molar-refractivity contribution < 1.29 is 0 Å². The van der Waals surface area contributed by atoms with Crippen LogP contribution in [-0.2, 0) is 0 Å². The van der Waals surface area contributed by atoms with E-state index in [0.717, 1.165) is 19.6 Å². The van der Waals surface area contributed by atoms with E-state index in [4.69, 9.17) is 0 Å². The van der Waals surface area contributed by atoms with Gasteiger partial charge >= 0.3 is 0 Å². The molecule has 2 heteroatoms. The van der Waals surface area contributed by atoms with E-state index in [-0.39, 0.29) is 0 Å². The van der Waals surface area contributed by atoms with Gasteiger partial charge in [-0.25, -0.2) is 0 Å². The monoisotopic (exact) mass is 276 g/mol. The second-order valence-electron chi connectivity index (χ2n) is 7.29. The van der Waals surface area contributed by atoms with Crippen LogP contribution in [0.4, 0.5) is 0 Å². The molecular formula is C18H32N2. The van der Waals surface area contributed by atoms with Crippen molar-refractivity contribution >= 4 is 0 Å². The molecule has 1 aromatic rings. The third kappa shape index (κ3) is 6.06. The van der Waals surface area contributed by atoms with Gasteiger partial charge in [-0.05, 0) is 38.4 Å². The molecule has 0 spiro atoms. The summed E-state index contributed by atoms with van der Waals surface area (Å²) in [6, 6.07) is 7.27. The number of hydrogen-bond acceptors (Lipinski definition) is 2. The van der Waals surface area contributed by atoms with Gasteiger partial charge in [-0.1, -0.05) is 57.0 Å². The summed E-state index contributed by atoms with van der Waals surface area (Å²) >= 11 is 0. The summed E-state index contributed by atoms with van der Waals surface area (Å²) in [6.45, 7) is 16.6. The van der Waals surface area contributed by atoms with Gasteiger partial charge in [-0.3, -0.25) is 0 Å². The molecule has 0 aliphatic carbocycles. The van der Waals surface area contributed by atoms with Crippen LogP contribution in [0.15, 0.2) is 18.2 Å². The van der Waals surface area contributed by atoms with Crippen molar-refractivity contribution in [2.24, 2.45) is 5.41 Å². The standard InChI is InChI=1S/C18H32N2/c1-8-19-17(12-20(7)13-18(4,5)6)16-10-14(2)9-15(3)11-16/h9-11,17,19H,8,12-13H2,1-7H3. The molecule has 0 saturated carbocycles. The fourth-order valence-electron chi connectivity index (χ4n) is 2.93. The number of rotatable bonds is 6. The molecule has 114 valence electrons. The van der Waals surface area contributed by atoms with Crippen LogP contribution >= 0.6 is 0 Å². The van der Waals surface area contributed by atoms with E-state index in [0.29, 0.717) is 11.5 Å². The highest BCUT2D eigenvalue weighted by Crippen LogP contribution is 2.20. The summed E-state index contributed by atoms with van der Waals surface area (Å²) in [5, 5.41) is 3.63. The van der Waals surface area contributed by atoms with Crippen LogP contribution in [0.2, 0.25) is 0 Å². The minimum absolute atomic E-state index is 0.341. The van der Waals surface area contributed by atoms with Gasteiger partial charge in [0, 0.05) is 19.1 Å². The molecule has 0 bridgehead atoms. The summed E-state index contributed by atoms with van der Waals surface area (Å²) in [7, 11) is 2.22. The summed E-state index contributed by atoms with van der Waals surface area (Å²) < 4.78 is 0. The zero-order valence-electron chi connectivity index (χ0n) is 14.4. The first-order valence-electron chi connectivity index (χ1n) is 7.71. The quantitative estimate of drug-likeness (QED) is 0.847. The van der Waals surface area contributed by atoms with Gasteiger partial charge in [-0.2, -0.15) is 0 Å². The Morgan fingerprint density at radius 2 is 1.65 bits per heavy atom. The molecular weight excluding hydrogens is 244 g/mol. The molecule has 1 aromatic carbocycles. The van der Waals surface area contributed by atoms with E-state index < -0.39 is 0 Å². The van der Waals surface area contributed by atoms with E-state index in [1.807, 2.05) is 0 Å². The summed E-state index contributed by atoms with van der Waals surface area (Å²) in [5.41, 5.74) is 4.45. The fourth-order valence-corrected chi connectivity index (χ4v) is 2.93. The Hall–Kier alpha value is -0.860. The Morgan fingerprint density at radius 1 is 1.10 bits per heavy atom. The van der Waals surface area contributed by atoms with Gasteiger partial charge in [0.1, 0.15) is 0 Å². The molecule has 0 amide bonds. The predicted octanol–water partition coefficient (Wildman–Crippen LogP) is 3.93. The van der Waals surface area contributed by atoms with Gasteiger partial charge in [0.05, 0.1) is 0 Å². The largest absolute Gasteiger partial charge is 0.309 e. The Morgan fingerprint density at radius 3 is 2.10 bits per heavy atom. The maximum Gasteiger partial charge on any atom is 0.0449 e. The molecule has 1 rings (SSSR count). The van der Waals surface area contributed by atoms with E-state index in [9.17, 15) is 0 Å². The Labute approximate surface area is 125 Å². The topological polar surface area (TPSA) is 15.3 Å². The molecule has 20 heavy (non-hydrogen) atoms. The van der Waals surface area contributed by atoms with Crippen molar-refractivity contribution in [1.29, 1.82) is 0 Å². The van der Waals surface area contributed by atoms with Crippen LogP contribution in [-0.4, -0.2) is 31.6 Å². The van der Waals surface area contributed by atoms with Gasteiger partial charge in [-0.15, -0.1) is 0 Å². The first kappa shape index (κ1) is 17.2. The highest BCUT2D eigenvalue weighted by molar-refractivity contribution is 5.30. The smallest absolute Gasteiger partial charge is 0.0449 e. The molecule has 1 atom stereocenters. The van der Waals surface area contributed by atoms with Crippen LogP contribution in [0.5, 0.6) is 0 Å². The molecule has 0 aliphatic heterocycles. The molecule has 1 unspecified atom stereocenters. The van der Waals surface area contributed by atoms with E-state index in [2.05, 4.69) is 77.0 Å². The molecule has 2 nitrogen and oxygen atoms in total. The molecule has 0 saturated heterocycles. The lowest BCUT2D eigenvalue weighted by atomic mass is 9.95. The van der Waals surface area contributed by atoms with Gasteiger partial charge in [0.15, 0.2) is 0 Å². The SMILES string of the molecule is CCNC(CN(C)CC(C)(C)C)c1cc(C)cc(C)c1. The molecule has 0 aliphatic rings. The molecule has 0 radical (unpaired) electrons. The Kier molecular flexibility index (Phi) is 6.22. The Balaban J connectivity index is 2.83. The van der Waals surface area contributed by atoms with Crippen molar-refractivity contribution in [2.45, 2.75) is 47.6 Å². The van der Waals surface area contributed by atoms with Crippen molar-refractivity contribution in [3.05, 3.63) is 34.9 Å². The second kappa shape index (κ2) is 7.24. The normalized spacial score (nSPS) is 13.8. The highest BCUT2D eigenvalue weighted by Gasteiger charge is 2.18. The van der Waals surface area contributed by atoms with Crippen LogP contribution in [0.25, 0.3) is 0 Å². The third-order valence-corrected chi connectivity index (χ3v) is 3.34. The third-order valence-electron chi connectivity index (χ3n) is 3.34. The molecule has 1 N–H and O–H groups in total. The van der Waals surface area contributed by atoms with Gasteiger partial charge in [0.25, 0.3) is 0 Å². The molecule has 0 heterocycles. The predicted molar refractivity (Wildman–Crippen MR) is 89.3 cm³/mol. The average molecular weight is 276 g/mol. The number of hydrogen-bond donors (Lipinski definition) is 1. The number of benzene rings is 1. The summed E-state index contributed by atoms with van der Waals surface area (Å²) in [6.07, 6.45) is 0. The average Bonchev–Trinajstić information content (AvgIpc) is 2.24. The Bertz CT molecular complexity index is 398. The maximum absolute atomic E-state index is 3.63. The van der Waals surface area contributed by atoms with Gasteiger partial charge < -0.3 is 10.2 Å². The van der Waals surface area contributed by atoms with E-state index in [1.54, 1.807) is 0 Å². The summed E-state index contributed by atoms with van der Waals surface area (Å²) in [4.78, 5) is 2.44. The first-order chi connectivity index (χ1) is 9.21. The zero-order valence-corrected chi connectivity index (χ0v) is 14.4. The number of aryl methyl sites for hydroxylation is 2. The van der Waals surface area contributed by atoms with Crippen molar-refractivity contribution in [1.82, 2.24) is 10.2 Å². The lowest BCUT2D eigenvalue weighted by molar-refractivity contribution is 0.208. The van der Waals surface area contributed by atoms with E-state index >= 15 is 0 Å². The summed E-state index contributed by atoms with van der Waals surface area (Å²) in [5.74, 6) is 0. The van der Waals surface area contributed by atoms with Crippen LogP contribution in [0, 0.1) is 19.3 Å². The fraction of sp³-hybridized carbons (Fsp3) is 0.667. The van der Waals surface area contributed by atoms with Crippen molar-refractivity contribution in [2.75, 3.05) is 26.7 Å². The minimum atomic E-state index is 0.341. The molecule has 0 fully saturated rings. The highest BCUT2D eigenvalue weighted by atomic mass is 15.1. The molecule has 0 aromatic heterocycles. The van der Waals surface area contributed by atoms with Gasteiger partial charge in [0.2, 0.25) is 0 Å². The van der Waals surface area contributed by atoms with Crippen molar-refractivity contribution in [3.63, 3.8) is 0 Å². The first-order valence-corrected chi connectivity index (χ1v) is 7.71. The lowest BCUT2D eigenvalue weighted by Crippen LogP contribution is -2.37. The van der Waals surface area contributed by atoms with E-state index in [1.165, 1.54) is 16.7 Å². The number of nitrogens with zero attached hydrogens (tertiary/aromatic N) is 1. The zero-order chi connectivity index (χ0) is 15.3. The van der Waals surface area contributed by atoms with Crippen LogP contribution in [0.1, 0.15) is 50.4 Å². The number of likely N-dealkylation sites (N-methyl/N-ethyl adjacent to an activating group) is 2. The lowest BCUT2D eigenvalue weighted by Gasteiger charge is -2.30. The number of nitrogens with one attached hydrogen (secondary N) is 1.